The first-order valence-corrected chi connectivity index (χ1v) is 14.4. The van der Waals surface area contributed by atoms with Crippen molar-refractivity contribution in [3.63, 3.8) is 0 Å². The van der Waals surface area contributed by atoms with Crippen LogP contribution in [0.25, 0.3) is 0 Å². The summed E-state index contributed by atoms with van der Waals surface area (Å²) in [5, 5.41) is 2.59. The highest BCUT2D eigenvalue weighted by molar-refractivity contribution is 5.77. The van der Waals surface area contributed by atoms with Crippen LogP contribution >= 0.6 is 0 Å². The summed E-state index contributed by atoms with van der Waals surface area (Å²) in [4.78, 5) is 24.4. The third kappa shape index (κ3) is 10.4. The van der Waals surface area contributed by atoms with Crippen molar-refractivity contribution in [3.8, 4) is 0 Å². The Balaban J connectivity index is 1.74. The van der Waals surface area contributed by atoms with Gasteiger partial charge >= 0.3 is 5.97 Å². The summed E-state index contributed by atoms with van der Waals surface area (Å²) < 4.78 is 19.0. The number of carbonyl (C=O) groups is 2. The Morgan fingerprint density at radius 2 is 1.66 bits per heavy atom. The van der Waals surface area contributed by atoms with Gasteiger partial charge in [0.25, 0.3) is 0 Å². The van der Waals surface area contributed by atoms with Crippen LogP contribution in [0.1, 0.15) is 78.6 Å². The summed E-state index contributed by atoms with van der Waals surface area (Å²) in [7, 11) is 1.62. The van der Waals surface area contributed by atoms with E-state index in [1.165, 1.54) is 12.0 Å². The van der Waals surface area contributed by atoms with E-state index in [0.717, 1.165) is 38.5 Å². The van der Waals surface area contributed by atoms with Gasteiger partial charge in [-0.05, 0) is 57.4 Å². The number of hydrogen-bond donors (Lipinski definition) is 1. The lowest BCUT2D eigenvalue weighted by Gasteiger charge is -2.37. The second-order valence-electron chi connectivity index (χ2n) is 11.0. The fourth-order valence-electron chi connectivity index (χ4n) is 5.49. The highest BCUT2D eigenvalue weighted by Gasteiger charge is 2.32. The molecular formula is C32H47NO5. The number of nitrogens with one attached hydrogen (secondary N) is 1. The molecule has 3 aliphatic heterocycles. The second kappa shape index (κ2) is 15.8. The Hall–Kier alpha value is -2.44. The minimum Gasteiger partial charge on any atom is -0.457 e. The van der Waals surface area contributed by atoms with Crippen molar-refractivity contribution in [1.82, 2.24) is 5.32 Å². The summed E-state index contributed by atoms with van der Waals surface area (Å²) >= 11 is 0. The lowest BCUT2D eigenvalue weighted by atomic mass is 9.90. The van der Waals surface area contributed by atoms with Gasteiger partial charge in [-0.25, -0.2) is 0 Å². The zero-order valence-corrected chi connectivity index (χ0v) is 23.6. The number of carbonyl (C=O) groups excluding carboxylic acids is 2. The molecule has 0 aliphatic carbocycles. The third-order valence-corrected chi connectivity index (χ3v) is 7.65. The van der Waals surface area contributed by atoms with Crippen LogP contribution in [0, 0.1) is 11.8 Å². The molecule has 0 radical (unpaired) electrons. The molecular weight excluding hydrogens is 478 g/mol. The van der Waals surface area contributed by atoms with Crippen molar-refractivity contribution in [2.24, 2.45) is 11.8 Å². The Bertz CT molecular complexity index is 917. The van der Waals surface area contributed by atoms with Crippen LogP contribution in [-0.4, -0.2) is 49.4 Å². The minimum absolute atomic E-state index is 0.0221. The van der Waals surface area contributed by atoms with Gasteiger partial charge in [0.15, 0.2) is 0 Å². The first-order chi connectivity index (χ1) is 18.4. The van der Waals surface area contributed by atoms with E-state index in [-0.39, 0.29) is 54.7 Å². The predicted octanol–water partition coefficient (Wildman–Crippen LogP) is 6.15. The SMILES string of the molecule is C/C=C1\CC2CC(=O)OC(/C=C/C=C\C=C\CC(=O)NC)C(C)/C=C/C(C)CC3CCCC(CC(C1)O2)O3. The van der Waals surface area contributed by atoms with E-state index in [4.69, 9.17) is 14.2 Å². The monoisotopic (exact) mass is 525 g/mol. The third-order valence-electron chi connectivity index (χ3n) is 7.65. The average molecular weight is 526 g/mol. The molecule has 2 saturated heterocycles. The molecule has 3 heterocycles. The lowest BCUT2D eigenvalue weighted by Crippen LogP contribution is -2.37. The van der Waals surface area contributed by atoms with Crippen molar-refractivity contribution >= 4 is 11.9 Å². The molecule has 0 spiro atoms. The van der Waals surface area contributed by atoms with Crippen molar-refractivity contribution in [3.05, 3.63) is 60.3 Å². The Kier molecular flexibility index (Phi) is 12.6. The number of cyclic esters (lactones) is 1. The zero-order chi connectivity index (χ0) is 27.3. The highest BCUT2D eigenvalue weighted by atomic mass is 16.5. The Morgan fingerprint density at radius 1 is 0.947 bits per heavy atom. The molecule has 3 aliphatic rings. The summed E-state index contributed by atoms with van der Waals surface area (Å²) in [6.45, 7) is 6.39. The molecule has 0 aromatic heterocycles. The number of hydrogen-bond acceptors (Lipinski definition) is 5. The molecule has 3 rings (SSSR count). The molecule has 0 aromatic rings. The van der Waals surface area contributed by atoms with Crippen LogP contribution in [0.3, 0.4) is 0 Å². The van der Waals surface area contributed by atoms with E-state index in [2.05, 4.69) is 44.3 Å². The number of fused-ring (bicyclic) bond motifs is 4. The summed E-state index contributed by atoms with van der Waals surface area (Å²) in [5.41, 5.74) is 1.35. The molecule has 1 N–H and O–H groups in total. The van der Waals surface area contributed by atoms with Crippen molar-refractivity contribution < 1.29 is 23.8 Å². The maximum atomic E-state index is 13.1. The smallest absolute Gasteiger partial charge is 0.309 e. The lowest BCUT2D eigenvalue weighted by molar-refractivity contribution is -0.154. The molecule has 0 saturated carbocycles. The van der Waals surface area contributed by atoms with Crippen molar-refractivity contribution in [1.29, 1.82) is 0 Å². The van der Waals surface area contributed by atoms with Gasteiger partial charge in [-0.1, -0.05) is 68.0 Å². The van der Waals surface area contributed by atoms with Gasteiger partial charge in [-0.2, -0.15) is 0 Å². The van der Waals surface area contributed by atoms with Crippen LogP contribution in [0.2, 0.25) is 0 Å². The standard InChI is InChI=1S/C32H47NO5/c1-5-25-19-28-21-27-13-11-12-26(36-27)18-23(2)16-17-24(3)30(38-32(35)22-29(20-25)37-28)14-9-7-6-8-10-15-31(34)33-4/h5-10,14,16-17,23-24,26-30H,11-13,15,18-22H2,1-4H3,(H,33,34)/b7-6-,10-8+,14-9+,17-16+,25-5-. The zero-order valence-electron chi connectivity index (χ0n) is 23.6. The number of allylic oxidation sites excluding steroid dienone is 6. The molecule has 7 unspecified atom stereocenters. The van der Waals surface area contributed by atoms with Crippen LogP contribution in [-0.2, 0) is 23.8 Å². The molecule has 7 atom stereocenters. The van der Waals surface area contributed by atoms with Gasteiger partial charge in [-0.3, -0.25) is 9.59 Å². The largest absolute Gasteiger partial charge is 0.457 e. The number of ether oxygens (including phenoxy) is 3. The minimum atomic E-state index is -0.380. The van der Waals surface area contributed by atoms with Crippen molar-refractivity contribution in [2.75, 3.05) is 7.05 Å². The van der Waals surface area contributed by atoms with E-state index < -0.39 is 0 Å². The van der Waals surface area contributed by atoms with E-state index in [0.29, 0.717) is 12.3 Å². The number of esters is 1. The topological polar surface area (TPSA) is 73.9 Å². The first kappa shape index (κ1) is 30.1. The number of rotatable bonds is 5. The Morgan fingerprint density at radius 3 is 2.42 bits per heavy atom. The fraction of sp³-hybridized carbons (Fsp3) is 0.625. The molecule has 6 heteroatoms. The molecule has 0 aromatic carbocycles. The summed E-state index contributed by atoms with van der Waals surface area (Å²) in [6.07, 6.45) is 25.4. The second-order valence-corrected chi connectivity index (χ2v) is 11.0. The molecule has 6 nitrogen and oxygen atoms in total. The maximum absolute atomic E-state index is 13.1. The van der Waals surface area contributed by atoms with Gasteiger partial charge in [0.1, 0.15) is 6.10 Å². The summed E-state index contributed by atoms with van der Waals surface area (Å²) in [6, 6.07) is 0. The van der Waals surface area contributed by atoms with Gasteiger partial charge in [-0.15, -0.1) is 0 Å². The molecule has 210 valence electrons. The van der Waals surface area contributed by atoms with Crippen LogP contribution in [0.5, 0.6) is 0 Å². The van der Waals surface area contributed by atoms with Crippen molar-refractivity contribution in [2.45, 2.75) is 109 Å². The van der Waals surface area contributed by atoms with E-state index in [1.807, 2.05) is 30.4 Å². The van der Waals surface area contributed by atoms with Gasteiger partial charge in [0.05, 0.1) is 30.8 Å². The average Bonchev–Trinajstić information content (AvgIpc) is 2.89. The van der Waals surface area contributed by atoms with E-state index >= 15 is 0 Å². The van der Waals surface area contributed by atoms with Crippen LogP contribution in [0.4, 0.5) is 0 Å². The first-order valence-electron chi connectivity index (χ1n) is 14.4. The number of amides is 1. The quantitative estimate of drug-likeness (QED) is 0.265. The van der Waals surface area contributed by atoms with Gasteiger partial charge in [0, 0.05) is 25.8 Å². The van der Waals surface area contributed by atoms with E-state index in [1.54, 1.807) is 13.1 Å². The molecule has 38 heavy (non-hydrogen) atoms. The van der Waals surface area contributed by atoms with Crippen LogP contribution < -0.4 is 5.32 Å². The van der Waals surface area contributed by atoms with Crippen LogP contribution in [0.15, 0.2) is 60.3 Å². The van der Waals surface area contributed by atoms with Gasteiger partial charge < -0.3 is 19.5 Å². The predicted molar refractivity (Wildman–Crippen MR) is 151 cm³/mol. The molecule has 2 fully saturated rings. The fourth-order valence-corrected chi connectivity index (χ4v) is 5.49. The summed E-state index contributed by atoms with van der Waals surface area (Å²) in [5.74, 6) is 0.144. The Labute approximate surface area is 229 Å². The normalized spacial score (nSPS) is 35.5. The molecule has 4 bridgehead atoms. The highest BCUT2D eigenvalue weighted by Crippen LogP contribution is 2.33. The van der Waals surface area contributed by atoms with Gasteiger partial charge in [0.2, 0.25) is 5.91 Å². The van der Waals surface area contributed by atoms with E-state index in [9.17, 15) is 9.59 Å². The maximum Gasteiger partial charge on any atom is 0.309 e. The molecule has 1 amide bonds.